The van der Waals surface area contributed by atoms with Gasteiger partial charge in [-0.1, -0.05) is 18.2 Å². The number of sulfone groups is 1. The summed E-state index contributed by atoms with van der Waals surface area (Å²) in [5.74, 6) is -0.252. The topological polar surface area (TPSA) is 79.8 Å². The molecule has 1 aliphatic rings. The lowest BCUT2D eigenvalue weighted by Gasteiger charge is -2.20. The van der Waals surface area contributed by atoms with Crippen LogP contribution in [0, 0.1) is 10.9 Å². The zero-order chi connectivity index (χ0) is 13.2. The van der Waals surface area contributed by atoms with Crippen LogP contribution in [0.3, 0.4) is 0 Å². The number of quaternary nitrogens is 1. The molecule has 0 spiro atoms. The molecule has 1 aromatic rings. The highest BCUT2D eigenvalue weighted by Gasteiger charge is 2.24. The normalized spacial score (nSPS) is 16.9. The fraction of sp³-hybridized carbons (Fsp3) is 0.0909. The highest BCUT2D eigenvalue weighted by atomic mass is 32.2. The number of amides is 1. The van der Waals surface area contributed by atoms with Gasteiger partial charge in [0.05, 0.1) is 26.6 Å². The summed E-state index contributed by atoms with van der Waals surface area (Å²) in [7, 11) is -3.22. The van der Waals surface area contributed by atoms with Crippen molar-refractivity contribution in [2.45, 2.75) is 0 Å². The van der Waals surface area contributed by atoms with Crippen LogP contribution in [-0.4, -0.2) is 25.9 Å². The average Bonchev–Trinajstić information content (AvgIpc) is 2.78. The molecule has 5 nitrogen and oxygen atoms in total. The number of carbonyl (C=O) groups is 1. The molecule has 0 aliphatic carbocycles. The second-order valence-electron chi connectivity index (χ2n) is 3.74. The maximum Gasteiger partial charge on any atom is 0.230 e. The summed E-state index contributed by atoms with van der Waals surface area (Å²) in [6, 6.07) is 8.75. The van der Waals surface area contributed by atoms with Crippen LogP contribution >= 0.6 is 0 Å². The molecule has 1 aliphatic heterocycles. The lowest BCUT2D eigenvalue weighted by atomic mass is 10.2. The van der Waals surface area contributed by atoms with Crippen molar-refractivity contribution in [3.63, 3.8) is 0 Å². The van der Waals surface area contributed by atoms with Gasteiger partial charge < -0.3 is 10.6 Å². The number of carbonyl (C=O) groups excluding carboxylic acids is 1. The Balaban J connectivity index is 1.98. The SMILES string of the molecule is CS(=O)(=O)[C-]1C=[S+][C-](NC(=O)c2ccccc2)[NH2+]1. The number of benzene rings is 1. The molecule has 0 bridgehead atoms. The molecule has 2 rings (SSSR count). The highest BCUT2D eigenvalue weighted by molar-refractivity contribution is 7.96. The van der Waals surface area contributed by atoms with E-state index in [0.29, 0.717) is 11.1 Å². The molecule has 0 saturated heterocycles. The van der Waals surface area contributed by atoms with Crippen LogP contribution in [0.5, 0.6) is 0 Å². The first-order chi connectivity index (χ1) is 8.47. The quantitative estimate of drug-likeness (QED) is 0.418. The highest BCUT2D eigenvalue weighted by Crippen LogP contribution is 2.04. The van der Waals surface area contributed by atoms with E-state index in [0.717, 1.165) is 6.26 Å². The molecule has 0 radical (unpaired) electrons. The van der Waals surface area contributed by atoms with E-state index in [9.17, 15) is 13.2 Å². The number of hydrogen-bond acceptors (Lipinski definition) is 3. The minimum absolute atomic E-state index is 0.218. The van der Waals surface area contributed by atoms with E-state index in [1.807, 2.05) is 6.07 Å². The molecular formula is C11H12N2O3S2. The van der Waals surface area contributed by atoms with Crippen molar-refractivity contribution in [2.75, 3.05) is 6.26 Å². The molecule has 0 aromatic heterocycles. The van der Waals surface area contributed by atoms with E-state index in [1.165, 1.54) is 22.0 Å². The molecule has 18 heavy (non-hydrogen) atoms. The molecule has 0 atom stereocenters. The van der Waals surface area contributed by atoms with Crippen molar-refractivity contribution in [2.24, 2.45) is 0 Å². The molecular weight excluding hydrogens is 272 g/mol. The van der Waals surface area contributed by atoms with Crippen LogP contribution in [0.4, 0.5) is 0 Å². The predicted octanol–water partition coefficient (Wildman–Crippen LogP) is -1.14. The van der Waals surface area contributed by atoms with Gasteiger partial charge in [0.25, 0.3) is 0 Å². The Morgan fingerprint density at radius 1 is 1.33 bits per heavy atom. The minimum atomic E-state index is -3.22. The van der Waals surface area contributed by atoms with Crippen molar-refractivity contribution in [1.82, 2.24) is 5.32 Å². The lowest BCUT2D eigenvalue weighted by molar-refractivity contribution is -0.585. The maximum absolute atomic E-state index is 11.8. The van der Waals surface area contributed by atoms with Gasteiger partial charge in [0.2, 0.25) is 11.4 Å². The summed E-state index contributed by atoms with van der Waals surface area (Å²) < 4.78 is 22.6. The molecule has 96 valence electrons. The first-order valence-electron chi connectivity index (χ1n) is 5.12. The Labute approximate surface area is 109 Å². The van der Waals surface area contributed by atoms with Gasteiger partial charge in [-0.2, -0.15) is 0 Å². The van der Waals surface area contributed by atoms with E-state index in [2.05, 4.69) is 5.32 Å². The van der Waals surface area contributed by atoms with Crippen LogP contribution in [0.25, 0.3) is 0 Å². The number of nitrogens with one attached hydrogen (secondary N) is 1. The number of hydrogen-bond donors (Lipinski definition) is 2. The van der Waals surface area contributed by atoms with E-state index in [4.69, 9.17) is 0 Å². The van der Waals surface area contributed by atoms with Crippen LogP contribution < -0.4 is 10.6 Å². The van der Waals surface area contributed by atoms with Crippen LogP contribution in [-0.2, 0) is 21.2 Å². The monoisotopic (exact) mass is 284 g/mol. The van der Waals surface area contributed by atoms with E-state index >= 15 is 0 Å². The fourth-order valence-electron chi connectivity index (χ4n) is 1.35. The Morgan fingerprint density at radius 3 is 2.56 bits per heavy atom. The second-order valence-corrected chi connectivity index (χ2v) is 6.67. The average molecular weight is 284 g/mol. The zero-order valence-corrected chi connectivity index (χ0v) is 11.2. The first kappa shape index (κ1) is 13.1. The summed E-state index contributed by atoms with van der Waals surface area (Å²) in [6.45, 7) is 0. The summed E-state index contributed by atoms with van der Waals surface area (Å²) in [6.07, 6.45) is 1.14. The second kappa shape index (κ2) is 5.13. The minimum Gasteiger partial charge on any atom is -0.517 e. The molecule has 1 heterocycles. The van der Waals surface area contributed by atoms with Crippen molar-refractivity contribution < 1.29 is 18.5 Å². The third-order valence-electron chi connectivity index (χ3n) is 2.28. The molecule has 0 saturated carbocycles. The fourth-order valence-corrected chi connectivity index (χ4v) is 3.26. The largest absolute Gasteiger partial charge is 0.517 e. The molecule has 0 unspecified atom stereocenters. The third-order valence-corrected chi connectivity index (χ3v) is 4.36. The Bertz CT molecular complexity index is 569. The summed E-state index contributed by atoms with van der Waals surface area (Å²) in [5.41, 5.74) is 1.05. The van der Waals surface area contributed by atoms with Crippen LogP contribution in [0.2, 0.25) is 0 Å². The van der Waals surface area contributed by atoms with E-state index in [1.54, 1.807) is 24.3 Å². The van der Waals surface area contributed by atoms with Gasteiger partial charge in [0, 0.05) is 17.2 Å². The van der Waals surface area contributed by atoms with Crippen molar-refractivity contribution in [3.8, 4) is 0 Å². The van der Waals surface area contributed by atoms with Gasteiger partial charge >= 0.3 is 0 Å². The molecule has 1 amide bonds. The molecule has 0 fully saturated rings. The first-order valence-corrected chi connectivity index (χ1v) is 7.89. The van der Waals surface area contributed by atoms with Gasteiger partial charge in [-0.25, -0.2) is 0 Å². The molecule has 3 N–H and O–H groups in total. The molecule has 7 heteroatoms. The van der Waals surface area contributed by atoms with Crippen LogP contribution in [0.1, 0.15) is 10.4 Å². The number of nitrogens with two attached hydrogens (primary N) is 1. The Hall–Kier alpha value is -1.31. The van der Waals surface area contributed by atoms with Crippen molar-refractivity contribution in [3.05, 3.63) is 46.8 Å². The standard InChI is InChI=1S/C11H12N2O3S2/c1-18(15,16)9-7-17-11(12-9)13-10(14)8-5-3-2-4-6-8/h2-7H,12H2,1H3,(H,13,14). The zero-order valence-electron chi connectivity index (χ0n) is 9.58. The predicted molar refractivity (Wildman–Crippen MR) is 70.6 cm³/mol. The third kappa shape index (κ3) is 3.12. The molecule has 1 aromatic carbocycles. The number of rotatable bonds is 3. The van der Waals surface area contributed by atoms with Crippen LogP contribution in [0.15, 0.2) is 30.3 Å². The lowest BCUT2D eigenvalue weighted by Crippen LogP contribution is -2.88. The van der Waals surface area contributed by atoms with Gasteiger partial charge in [0.1, 0.15) is 0 Å². The summed E-state index contributed by atoms with van der Waals surface area (Å²) in [4.78, 5) is 11.8. The van der Waals surface area contributed by atoms with E-state index in [-0.39, 0.29) is 11.3 Å². The van der Waals surface area contributed by atoms with Gasteiger partial charge in [0.15, 0.2) is 0 Å². The Kier molecular flexibility index (Phi) is 3.74. The van der Waals surface area contributed by atoms with Gasteiger partial charge in [-0.15, -0.1) is 0 Å². The van der Waals surface area contributed by atoms with Gasteiger partial charge in [-0.3, -0.25) is 13.2 Å². The van der Waals surface area contributed by atoms with E-state index < -0.39 is 9.84 Å². The van der Waals surface area contributed by atoms with Gasteiger partial charge in [-0.05, 0) is 12.1 Å². The smallest absolute Gasteiger partial charge is 0.230 e. The Morgan fingerprint density at radius 2 is 2.00 bits per heavy atom. The summed E-state index contributed by atoms with van der Waals surface area (Å²) in [5, 5.41) is 5.85. The van der Waals surface area contributed by atoms with Crippen molar-refractivity contribution in [1.29, 1.82) is 0 Å². The maximum atomic E-state index is 11.8. The summed E-state index contributed by atoms with van der Waals surface area (Å²) >= 11 is 1.19. The van der Waals surface area contributed by atoms with Crippen molar-refractivity contribution >= 4 is 32.5 Å².